The molecule has 0 fully saturated rings. The summed E-state index contributed by atoms with van der Waals surface area (Å²) in [6.07, 6.45) is 0.962. The van der Waals surface area contributed by atoms with Crippen molar-refractivity contribution in [3.63, 3.8) is 0 Å². The Morgan fingerprint density at radius 1 is 1.60 bits per heavy atom. The molecule has 0 saturated heterocycles. The molecule has 0 aliphatic heterocycles. The number of thioether (sulfide) groups is 1. The van der Waals surface area contributed by atoms with Crippen LogP contribution in [0.15, 0.2) is 28.6 Å². The van der Waals surface area contributed by atoms with Crippen molar-refractivity contribution in [2.75, 3.05) is 7.05 Å². The van der Waals surface area contributed by atoms with E-state index in [1.165, 1.54) is 11.8 Å². The summed E-state index contributed by atoms with van der Waals surface area (Å²) in [7, 11) is 1.75. The number of nitrogens with zero attached hydrogens (tertiary/aromatic N) is 1. The normalized spacial score (nSPS) is 10.2. The minimum Gasteiger partial charge on any atom is -0.289 e. The predicted octanol–water partition coefficient (Wildman–Crippen LogP) is 2.86. The van der Waals surface area contributed by atoms with E-state index in [2.05, 4.69) is 25.1 Å². The van der Waals surface area contributed by atoms with Crippen LogP contribution in [0.5, 0.6) is 0 Å². The molecule has 0 spiro atoms. The fourth-order valence-electron chi connectivity index (χ4n) is 0.397. The Labute approximate surface area is 66.9 Å². The summed E-state index contributed by atoms with van der Waals surface area (Å²) < 4.78 is 0. The lowest BCUT2D eigenvalue weighted by Crippen LogP contribution is -1.78. The predicted molar refractivity (Wildman–Crippen MR) is 50.6 cm³/mol. The number of rotatable bonds is 4. The zero-order valence-electron chi connectivity index (χ0n) is 6.55. The Kier molecular flexibility index (Phi) is 5.03. The van der Waals surface area contributed by atoms with E-state index in [4.69, 9.17) is 0 Å². The smallest absolute Gasteiger partial charge is 0.0585 e. The Morgan fingerprint density at radius 2 is 2.20 bits per heavy atom. The van der Waals surface area contributed by atoms with Crippen LogP contribution < -0.4 is 0 Å². The van der Waals surface area contributed by atoms with Gasteiger partial charge in [-0.2, -0.15) is 0 Å². The molecule has 0 saturated carbocycles. The highest BCUT2D eigenvalue weighted by atomic mass is 32.2. The third-order valence-corrected chi connectivity index (χ3v) is 2.01. The summed E-state index contributed by atoms with van der Waals surface area (Å²) in [6, 6.07) is 0. The Bertz CT molecular complexity index is 159. The van der Waals surface area contributed by atoms with Gasteiger partial charge in [0.25, 0.3) is 0 Å². The zero-order valence-corrected chi connectivity index (χ0v) is 7.37. The molecule has 0 aliphatic rings. The van der Waals surface area contributed by atoms with Crippen molar-refractivity contribution in [2.24, 2.45) is 4.99 Å². The fraction of sp³-hybridized carbons (Fsp3) is 0.375. The number of allylic oxidation sites excluding steroid dienone is 1. The highest BCUT2D eigenvalue weighted by molar-refractivity contribution is 8.15. The van der Waals surface area contributed by atoms with Crippen LogP contribution in [-0.2, 0) is 0 Å². The van der Waals surface area contributed by atoms with E-state index >= 15 is 0 Å². The van der Waals surface area contributed by atoms with Crippen LogP contribution in [0.25, 0.3) is 0 Å². The van der Waals surface area contributed by atoms with Gasteiger partial charge in [-0.25, -0.2) is 0 Å². The molecule has 0 rings (SSSR count). The van der Waals surface area contributed by atoms with Crippen LogP contribution in [-0.4, -0.2) is 12.6 Å². The molecule has 0 amide bonds. The van der Waals surface area contributed by atoms with Crippen molar-refractivity contribution in [3.8, 4) is 0 Å². The average molecular weight is 155 g/mol. The molecular weight excluding hydrogens is 142 g/mol. The molecule has 0 heterocycles. The highest BCUT2D eigenvalue weighted by Crippen LogP contribution is 2.20. The van der Waals surface area contributed by atoms with Crippen LogP contribution in [0, 0.1) is 0 Å². The highest BCUT2D eigenvalue weighted by Gasteiger charge is 1.94. The van der Waals surface area contributed by atoms with Crippen LogP contribution in [0.4, 0.5) is 0 Å². The first kappa shape index (κ1) is 9.50. The summed E-state index contributed by atoms with van der Waals surface area (Å²) in [6.45, 7) is 9.75. The van der Waals surface area contributed by atoms with Crippen molar-refractivity contribution in [1.29, 1.82) is 0 Å². The van der Waals surface area contributed by atoms with Gasteiger partial charge in [-0.05, 0) is 12.0 Å². The molecule has 0 atom stereocenters. The van der Waals surface area contributed by atoms with Crippen LogP contribution in [0.1, 0.15) is 13.3 Å². The standard InChI is InChI=1S/C8H13NS/c1-5-7(2)8(3)10-6-9-4/h6H,2-3,5H2,1,4H3. The lowest BCUT2D eigenvalue weighted by molar-refractivity contribution is 1.15. The number of aliphatic imine (C=N–C) groups is 1. The summed E-state index contributed by atoms with van der Waals surface area (Å²) in [5.41, 5.74) is 2.85. The molecular formula is C8H13NS. The van der Waals surface area contributed by atoms with Crippen molar-refractivity contribution < 1.29 is 0 Å². The first-order valence-electron chi connectivity index (χ1n) is 3.16. The maximum Gasteiger partial charge on any atom is 0.0585 e. The second-order valence-corrected chi connectivity index (χ2v) is 2.80. The van der Waals surface area contributed by atoms with Gasteiger partial charge in [-0.3, -0.25) is 4.99 Å². The molecule has 0 bridgehead atoms. The summed E-state index contributed by atoms with van der Waals surface area (Å²) in [5.74, 6) is 0. The van der Waals surface area contributed by atoms with Gasteiger partial charge >= 0.3 is 0 Å². The third-order valence-electron chi connectivity index (χ3n) is 1.12. The lowest BCUT2D eigenvalue weighted by atomic mass is 10.2. The SMILES string of the molecule is C=C(CC)C(=C)SC=NC. The topological polar surface area (TPSA) is 12.4 Å². The molecule has 2 heteroatoms. The van der Waals surface area contributed by atoms with Crippen LogP contribution in [0.2, 0.25) is 0 Å². The van der Waals surface area contributed by atoms with Crippen molar-refractivity contribution >= 4 is 17.3 Å². The Hall–Kier alpha value is -0.500. The first-order valence-corrected chi connectivity index (χ1v) is 4.04. The summed E-state index contributed by atoms with van der Waals surface area (Å²) in [5, 5.41) is 0. The van der Waals surface area contributed by atoms with E-state index in [0.717, 1.165) is 16.9 Å². The van der Waals surface area contributed by atoms with E-state index in [9.17, 15) is 0 Å². The van der Waals surface area contributed by atoms with Gasteiger partial charge in [-0.15, -0.1) is 0 Å². The largest absolute Gasteiger partial charge is 0.289 e. The van der Waals surface area contributed by atoms with Gasteiger partial charge in [0, 0.05) is 12.0 Å². The Balaban J connectivity index is 3.74. The Morgan fingerprint density at radius 3 is 2.60 bits per heavy atom. The average Bonchev–Trinajstić information content (AvgIpc) is 1.98. The lowest BCUT2D eigenvalue weighted by Gasteiger charge is -2.00. The van der Waals surface area contributed by atoms with Gasteiger partial charge < -0.3 is 0 Å². The monoisotopic (exact) mass is 155 g/mol. The number of hydrogen-bond acceptors (Lipinski definition) is 2. The summed E-state index contributed by atoms with van der Waals surface area (Å²) >= 11 is 1.52. The first-order chi connectivity index (χ1) is 4.72. The van der Waals surface area contributed by atoms with Gasteiger partial charge in [0.05, 0.1) is 5.55 Å². The second kappa shape index (κ2) is 5.30. The van der Waals surface area contributed by atoms with E-state index in [0.29, 0.717) is 0 Å². The fourth-order valence-corrected chi connectivity index (χ4v) is 0.940. The molecule has 0 aromatic carbocycles. The van der Waals surface area contributed by atoms with Crippen LogP contribution >= 0.6 is 11.8 Å². The van der Waals surface area contributed by atoms with E-state index < -0.39 is 0 Å². The molecule has 10 heavy (non-hydrogen) atoms. The molecule has 0 N–H and O–H groups in total. The zero-order chi connectivity index (χ0) is 7.98. The summed E-state index contributed by atoms with van der Waals surface area (Å²) in [4.78, 5) is 4.84. The van der Waals surface area contributed by atoms with Crippen molar-refractivity contribution in [2.45, 2.75) is 13.3 Å². The molecule has 56 valence electrons. The molecule has 0 aromatic rings. The third kappa shape index (κ3) is 3.51. The molecule has 0 aromatic heterocycles. The molecule has 0 aliphatic carbocycles. The van der Waals surface area contributed by atoms with Gasteiger partial charge in [0.2, 0.25) is 0 Å². The maximum absolute atomic E-state index is 3.84. The van der Waals surface area contributed by atoms with E-state index in [-0.39, 0.29) is 0 Å². The van der Waals surface area contributed by atoms with Gasteiger partial charge in [0.15, 0.2) is 0 Å². The minimum atomic E-state index is 0.962. The molecule has 0 unspecified atom stereocenters. The van der Waals surface area contributed by atoms with Gasteiger partial charge in [0.1, 0.15) is 0 Å². The second-order valence-electron chi connectivity index (χ2n) is 1.86. The van der Waals surface area contributed by atoms with E-state index in [1.54, 1.807) is 12.6 Å². The maximum atomic E-state index is 3.84. The minimum absolute atomic E-state index is 0.962. The molecule has 1 nitrogen and oxygen atoms in total. The van der Waals surface area contributed by atoms with Gasteiger partial charge in [-0.1, -0.05) is 31.8 Å². The quantitative estimate of drug-likeness (QED) is 0.345. The van der Waals surface area contributed by atoms with Crippen LogP contribution in [0.3, 0.4) is 0 Å². The molecule has 0 radical (unpaired) electrons. The van der Waals surface area contributed by atoms with Crippen molar-refractivity contribution in [1.82, 2.24) is 0 Å². The van der Waals surface area contributed by atoms with E-state index in [1.807, 2.05) is 0 Å². The van der Waals surface area contributed by atoms with Crippen molar-refractivity contribution in [3.05, 3.63) is 23.6 Å². The number of hydrogen-bond donors (Lipinski definition) is 0.